The molecule has 0 aromatic heterocycles. The minimum Gasteiger partial charge on any atom is -0.487 e. The minimum absolute atomic E-state index is 0.0163. The van der Waals surface area contributed by atoms with E-state index in [4.69, 9.17) is 10.5 Å². The van der Waals surface area contributed by atoms with Crippen LogP contribution < -0.4 is 10.5 Å². The SMILES string of the molecule is NC1CC2(CCCCC2)Oc2cc(F)ccc21. The Labute approximate surface area is 101 Å². The van der Waals surface area contributed by atoms with Crippen molar-refractivity contribution in [3.63, 3.8) is 0 Å². The van der Waals surface area contributed by atoms with Crippen molar-refractivity contribution in [2.24, 2.45) is 5.73 Å². The summed E-state index contributed by atoms with van der Waals surface area (Å²) in [6.45, 7) is 0. The average molecular weight is 235 g/mol. The molecule has 2 nitrogen and oxygen atoms in total. The van der Waals surface area contributed by atoms with Gasteiger partial charge in [-0.1, -0.05) is 12.5 Å². The van der Waals surface area contributed by atoms with Gasteiger partial charge in [-0.2, -0.15) is 0 Å². The van der Waals surface area contributed by atoms with Gasteiger partial charge in [-0.15, -0.1) is 0 Å². The van der Waals surface area contributed by atoms with E-state index < -0.39 is 0 Å². The predicted molar refractivity (Wildman–Crippen MR) is 64.4 cm³/mol. The number of hydrogen-bond donors (Lipinski definition) is 1. The molecule has 1 unspecified atom stereocenters. The van der Waals surface area contributed by atoms with Crippen LogP contribution in [0.2, 0.25) is 0 Å². The van der Waals surface area contributed by atoms with Gasteiger partial charge in [-0.3, -0.25) is 0 Å². The van der Waals surface area contributed by atoms with E-state index in [-0.39, 0.29) is 17.5 Å². The van der Waals surface area contributed by atoms with Crippen LogP contribution >= 0.6 is 0 Å². The maximum Gasteiger partial charge on any atom is 0.127 e. The summed E-state index contributed by atoms with van der Waals surface area (Å²) in [5, 5.41) is 0. The largest absolute Gasteiger partial charge is 0.487 e. The highest BCUT2D eigenvalue weighted by Crippen LogP contribution is 2.45. The molecule has 1 spiro atoms. The second-order valence-corrected chi connectivity index (χ2v) is 5.34. The van der Waals surface area contributed by atoms with E-state index in [2.05, 4.69) is 0 Å². The average Bonchev–Trinajstić information content (AvgIpc) is 2.29. The number of nitrogens with two attached hydrogens (primary N) is 1. The van der Waals surface area contributed by atoms with Gasteiger partial charge in [0.05, 0.1) is 0 Å². The van der Waals surface area contributed by atoms with Crippen molar-refractivity contribution in [3.05, 3.63) is 29.6 Å². The van der Waals surface area contributed by atoms with E-state index in [1.165, 1.54) is 31.4 Å². The van der Waals surface area contributed by atoms with Gasteiger partial charge in [0.1, 0.15) is 17.2 Å². The van der Waals surface area contributed by atoms with Crippen LogP contribution in [0.15, 0.2) is 18.2 Å². The lowest BCUT2D eigenvalue weighted by atomic mass is 9.77. The van der Waals surface area contributed by atoms with E-state index in [0.717, 1.165) is 24.8 Å². The summed E-state index contributed by atoms with van der Waals surface area (Å²) in [6.07, 6.45) is 6.63. The molecular weight excluding hydrogens is 217 g/mol. The summed E-state index contributed by atoms with van der Waals surface area (Å²) in [5.74, 6) is 0.412. The maximum absolute atomic E-state index is 13.3. The van der Waals surface area contributed by atoms with E-state index >= 15 is 0 Å². The van der Waals surface area contributed by atoms with Crippen molar-refractivity contribution in [2.75, 3.05) is 0 Å². The summed E-state index contributed by atoms with van der Waals surface area (Å²) < 4.78 is 19.3. The highest BCUT2D eigenvalue weighted by atomic mass is 19.1. The number of halogens is 1. The zero-order valence-corrected chi connectivity index (χ0v) is 9.92. The number of ether oxygens (including phenoxy) is 1. The molecule has 17 heavy (non-hydrogen) atoms. The Morgan fingerprint density at radius 2 is 2.00 bits per heavy atom. The first-order chi connectivity index (χ1) is 8.19. The summed E-state index contributed by atoms with van der Waals surface area (Å²) in [7, 11) is 0. The van der Waals surface area contributed by atoms with Gasteiger partial charge in [0.25, 0.3) is 0 Å². The van der Waals surface area contributed by atoms with Crippen LogP contribution in [0.5, 0.6) is 5.75 Å². The van der Waals surface area contributed by atoms with Crippen molar-refractivity contribution in [3.8, 4) is 5.75 Å². The predicted octanol–water partition coefficient (Wildman–Crippen LogP) is 3.31. The number of rotatable bonds is 0. The molecule has 1 saturated carbocycles. The molecule has 1 aliphatic heterocycles. The lowest BCUT2D eigenvalue weighted by molar-refractivity contribution is 0.00165. The topological polar surface area (TPSA) is 35.2 Å². The first-order valence-corrected chi connectivity index (χ1v) is 6.43. The Hall–Kier alpha value is -1.09. The van der Waals surface area contributed by atoms with Crippen molar-refractivity contribution < 1.29 is 9.13 Å². The third kappa shape index (κ3) is 1.93. The zero-order chi connectivity index (χ0) is 11.9. The number of fused-ring (bicyclic) bond motifs is 1. The monoisotopic (exact) mass is 235 g/mol. The van der Waals surface area contributed by atoms with Gasteiger partial charge in [-0.25, -0.2) is 4.39 Å². The normalized spacial score (nSPS) is 26.4. The van der Waals surface area contributed by atoms with Gasteiger partial charge >= 0.3 is 0 Å². The molecule has 1 aliphatic carbocycles. The van der Waals surface area contributed by atoms with Crippen molar-refractivity contribution in [1.82, 2.24) is 0 Å². The van der Waals surface area contributed by atoms with Crippen LogP contribution in [-0.2, 0) is 0 Å². The first-order valence-electron chi connectivity index (χ1n) is 6.43. The second-order valence-electron chi connectivity index (χ2n) is 5.34. The molecule has 2 aliphatic rings. The molecule has 2 N–H and O–H groups in total. The number of benzene rings is 1. The van der Waals surface area contributed by atoms with Gasteiger partial charge in [0, 0.05) is 24.1 Å². The van der Waals surface area contributed by atoms with Crippen molar-refractivity contribution in [2.45, 2.75) is 50.2 Å². The van der Waals surface area contributed by atoms with E-state index in [1.807, 2.05) is 0 Å². The Kier molecular flexibility index (Phi) is 2.58. The molecular formula is C14H18FNO. The highest BCUT2D eigenvalue weighted by molar-refractivity contribution is 5.39. The maximum atomic E-state index is 13.3. The Bertz CT molecular complexity index is 426. The van der Waals surface area contributed by atoms with Crippen LogP contribution in [0, 0.1) is 5.82 Å². The van der Waals surface area contributed by atoms with Crippen LogP contribution in [0.1, 0.15) is 50.1 Å². The third-order valence-electron chi connectivity index (χ3n) is 4.06. The quantitative estimate of drug-likeness (QED) is 0.748. The highest BCUT2D eigenvalue weighted by Gasteiger charge is 2.40. The fourth-order valence-corrected chi connectivity index (χ4v) is 3.19. The lowest BCUT2D eigenvalue weighted by Gasteiger charge is -2.43. The molecule has 3 heteroatoms. The lowest BCUT2D eigenvalue weighted by Crippen LogP contribution is -2.44. The molecule has 0 saturated heterocycles. The third-order valence-corrected chi connectivity index (χ3v) is 4.06. The summed E-state index contributed by atoms with van der Waals surface area (Å²) >= 11 is 0. The summed E-state index contributed by atoms with van der Waals surface area (Å²) in [5.41, 5.74) is 7.02. The number of hydrogen-bond acceptors (Lipinski definition) is 2. The minimum atomic E-state index is -0.246. The standard InChI is InChI=1S/C14H18FNO/c15-10-4-5-11-12(16)9-14(17-13(11)8-10)6-2-1-3-7-14/h4-5,8,12H,1-3,6-7,9,16H2. The molecule has 3 rings (SSSR count). The van der Waals surface area contributed by atoms with Gasteiger partial charge in [0.15, 0.2) is 0 Å². The molecule has 1 atom stereocenters. The molecule has 1 fully saturated rings. The van der Waals surface area contributed by atoms with E-state index in [1.54, 1.807) is 6.07 Å². The van der Waals surface area contributed by atoms with Crippen LogP contribution in [0.3, 0.4) is 0 Å². The molecule has 1 aromatic carbocycles. The zero-order valence-electron chi connectivity index (χ0n) is 9.92. The second kappa shape index (κ2) is 3.98. The van der Waals surface area contributed by atoms with Crippen molar-refractivity contribution in [1.29, 1.82) is 0 Å². The fourth-order valence-electron chi connectivity index (χ4n) is 3.19. The van der Waals surface area contributed by atoms with Crippen LogP contribution in [-0.4, -0.2) is 5.60 Å². The van der Waals surface area contributed by atoms with Crippen molar-refractivity contribution >= 4 is 0 Å². The molecule has 92 valence electrons. The fraction of sp³-hybridized carbons (Fsp3) is 0.571. The first kappa shape index (κ1) is 11.0. The van der Waals surface area contributed by atoms with Crippen LogP contribution in [0.4, 0.5) is 4.39 Å². The Morgan fingerprint density at radius 3 is 2.76 bits per heavy atom. The molecule has 0 radical (unpaired) electrons. The molecule has 0 bridgehead atoms. The van der Waals surface area contributed by atoms with Gasteiger partial charge in [0.2, 0.25) is 0 Å². The van der Waals surface area contributed by atoms with Crippen LogP contribution in [0.25, 0.3) is 0 Å². The molecule has 1 heterocycles. The van der Waals surface area contributed by atoms with Gasteiger partial charge < -0.3 is 10.5 Å². The molecule has 1 aromatic rings. The van der Waals surface area contributed by atoms with E-state index in [0.29, 0.717) is 5.75 Å². The molecule has 0 amide bonds. The smallest absolute Gasteiger partial charge is 0.127 e. The van der Waals surface area contributed by atoms with E-state index in [9.17, 15) is 4.39 Å². The van der Waals surface area contributed by atoms with Gasteiger partial charge in [-0.05, 0) is 31.7 Å². The Balaban J connectivity index is 1.95. The summed E-state index contributed by atoms with van der Waals surface area (Å²) in [4.78, 5) is 0. The Morgan fingerprint density at radius 1 is 1.24 bits per heavy atom. The summed E-state index contributed by atoms with van der Waals surface area (Å²) in [6, 6.07) is 4.67.